The zero-order chi connectivity index (χ0) is 11.9. The Morgan fingerprint density at radius 2 is 1.38 bits per heavy atom. The van der Waals surface area contributed by atoms with Crippen LogP contribution in [0.4, 0.5) is 0 Å². The van der Waals surface area contributed by atoms with Gasteiger partial charge < -0.3 is 4.57 Å². The van der Waals surface area contributed by atoms with Crippen molar-refractivity contribution >= 4 is 11.6 Å². The molecule has 1 heterocycles. The highest BCUT2D eigenvalue weighted by atomic mass is 16.1. The van der Waals surface area contributed by atoms with E-state index in [2.05, 4.69) is 0 Å². The van der Waals surface area contributed by atoms with Crippen molar-refractivity contribution in [1.29, 1.82) is 10.5 Å². The van der Waals surface area contributed by atoms with Gasteiger partial charge in [-0.25, -0.2) is 0 Å². The molecule has 2 rings (SSSR count). The number of hydrogen-bond donors (Lipinski definition) is 0. The van der Waals surface area contributed by atoms with Gasteiger partial charge in [0, 0.05) is 19.4 Å². The van der Waals surface area contributed by atoms with Crippen molar-refractivity contribution < 1.29 is 9.59 Å². The monoisotopic (exact) mass is 211 g/mol. The van der Waals surface area contributed by atoms with E-state index in [0.717, 1.165) is 0 Å². The van der Waals surface area contributed by atoms with Gasteiger partial charge in [0.15, 0.2) is 0 Å². The Morgan fingerprint density at radius 3 is 1.69 bits per heavy atom. The molecule has 0 N–H and O–H groups in total. The molecule has 76 valence electrons. The zero-order valence-corrected chi connectivity index (χ0v) is 8.31. The Bertz CT molecular complexity index is 582. The fourth-order valence-corrected chi connectivity index (χ4v) is 1.66. The maximum absolute atomic E-state index is 11.8. The minimum Gasteiger partial charge on any atom is -0.356 e. The predicted octanol–water partition coefficient (Wildman–Crippen LogP) is 0.748. The molecule has 0 saturated carbocycles. The normalized spacial score (nSPS) is 14.4. The lowest BCUT2D eigenvalue weighted by Crippen LogP contribution is -2.19. The second kappa shape index (κ2) is 3.18. The molecular formula is C11H5N3O2. The number of nitrogens with zero attached hydrogens (tertiary/aromatic N) is 3. The lowest BCUT2D eigenvalue weighted by molar-refractivity contribution is 0.0983. The minimum atomic E-state index is -0.561. The molecule has 0 aromatic carbocycles. The first-order chi connectivity index (χ1) is 7.60. The van der Waals surface area contributed by atoms with Gasteiger partial charge in [-0.1, -0.05) is 0 Å². The van der Waals surface area contributed by atoms with E-state index in [4.69, 9.17) is 10.5 Å². The van der Waals surface area contributed by atoms with E-state index < -0.39 is 11.6 Å². The molecule has 1 aliphatic rings. The van der Waals surface area contributed by atoms with Crippen molar-refractivity contribution in [3.05, 3.63) is 34.7 Å². The first-order valence-corrected chi connectivity index (χ1v) is 4.40. The summed E-state index contributed by atoms with van der Waals surface area (Å²) >= 11 is 0. The molecule has 0 saturated heterocycles. The molecule has 5 nitrogen and oxygen atoms in total. The molecule has 0 aliphatic heterocycles. The number of rotatable bonds is 0. The third-order valence-corrected chi connectivity index (χ3v) is 2.37. The van der Waals surface area contributed by atoms with Crippen LogP contribution in [-0.4, -0.2) is 16.1 Å². The standard InChI is InChI=1S/C11H5N3O2/c1-14-4-8-9(5-14)11(16)7(3-13)6(2-12)10(8)15/h4-5H,1H3. The number of aryl methyl sites for hydroxylation is 1. The number of allylic oxidation sites excluding steroid dienone is 2. The predicted molar refractivity (Wildman–Crippen MR) is 52.3 cm³/mol. The van der Waals surface area contributed by atoms with E-state index in [0.29, 0.717) is 0 Å². The molecule has 1 aromatic heterocycles. The van der Waals surface area contributed by atoms with Gasteiger partial charge in [-0.15, -0.1) is 0 Å². The second-order valence-corrected chi connectivity index (χ2v) is 3.38. The van der Waals surface area contributed by atoms with Crippen molar-refractivity contribution in [2.75, 3.05) is 0 Å². The molecule has 0 fully saturated rings. The summed E-state index contributed by atoms with van der Waals surface area (Å²) in [6, 6.07) is 3.23. The number of ketones is 2. The van der Waals surface area contributed by atoms with E-state index >= 15 is 0 Å². The number of nitriles is 2. The Morgan fingerprint density at radius 1 is 1.00 bits per heavy atom. The molecule has 16 heavy (non-hydrogen) atoms. The van der Waals surface area contributed by atoms with Crippen molar-refractivity contribution in [2.45, 2.75) is 0 Å². The van der Waals surface area contributed by atoms with Gasteiger partial charge in [0.05, 0.1) is 11.1 Å². The van der Waals surface area contributed by atoms with E-state index in [9.17, 15) is 9.59 Å². The van der Waals surface area contributed by atoms with Crippen molar-refractivity contribution in [1.82, 2.24) is 4.57 Å². The van der Waals surface area contributed by atoms with Crippen LogP contribution in [0.15, 0.2) is 23.5 Å². The van der Waals surface area contributed by atoms with Crippen molar-refractivity contribution in [3.63, 3.8) is 0 Å². The molecule has 5 heteroatoms. The van der Waals surface area contributed by atoms with E-state index in [1.807, 2.05) is 0 Å². The second-order valence-electron chi connectivity index (χ2n) is 3.38. The van der Waals surface area contributed by atoms with Gasteiger partial charge in [0.1, 0.15) is 23.3 Å². The number of carbonyl (C=O) groups is 2. The first kappa shape index (κ1) is 9.88. The van der Waals surface area contributed by atoms with Crippen LogP contribution in [0.1, 0.15) is 20.7 Å². The molecule has 0 spiro atoms. The topological polar surface area (TPSA) is 86.7 Å². The molecule has 1 aromatic rings. The number of hydrogen-bond acceptors (Lipinski definition) is 4. The quantitative estimate of drug-likeness (QED) is 0.633. The van der Waals surface area contributed by atoms with Crippen LogP contribution >= 0.6 is 0 Å². The van der Waals surface area contributed by atoms with Gasteiger partial charge in [-0.05, 0) is 0 Å². The smallest absolute Gasteiger partial charge is 0.207 e. The van der Waals surface area contributed by atoms with Gasteiger partial charge in [0.25, 0.3) is 0 Å². The summed E-state index contributed by atoms with van der Waals surface area (Å²) in [5, 5.41) is 17.5. The minimum absolute atomic E-state index is 0.183. The Balaban J connectivity index is 2.78. The summed E-state index contributed by atoms with van der Waals surface area (Å²) in [6.45, 7) is 0. The van der Waals surface area contributed by atoms with E-state index in [1.165, 1.54) is 12.4 Å². The van der Waals surface area contributed by atoms with Crippen LogP contribution in [0.5, 0.6) is 0 Å². The number of Topliss-reactive ketones (excluding diaryl/α,β-unsaturated/α-hetero) is 2. The average Bonchev–Trinajstić information content (AvgIpc) is 2.65. The Kier molecular flexibility index (Phi) is 1.96. The summed E-state index contributed by atoms with van der Waals surface area (Å²) in [5.41, 5.74) is -0.372. The van der Waals surface area contributed by atoms with Crippen LogP contribution in [0.2, 0.25) is 0 Å². The Labute approximate surface area is 90.8 Å². The van der Waals surface area contributed by atoms with E-state index in [1.54, 1.807) is 23.8 Å². The summed E-state index contributed by atoms with van der Waals surface area (Å²) in [7, 11) is 1.66. The highest BCUT2D eigenvalue weighted by Crippen LogP contribution is 2.26. The van der Waals surface area contributed by atoms with Crippen LogP contribution in [0.3, 0.4) is 0 Å². The molecule has 0 atom stereocenters. The number of fused-ring (bicyclic) bond motifs is 1. The fourth-order valence-electron chi connectivity index (χ4n) is 1.66. The molecule has 0 bridgehead atoms. The van der Waals surface area contributed by atoms with E-state index in [-0.39, 0.29) is 22.3 Å². The highest BCUT2D eigenvalue weighted by molar-refractivity contribution is 6.29. The largest absolute Gasteiger partial charge is 0.356 e. The third kappa shape index (κ3) is 1.09. The van der Waals surface area contributed by atoms with Crippen molar-refractivity contribution in [3.8, 4) is 12.1 Å². The van der Waals surface area contributed by atoms with Crippen LogP contribution in [0.25, 0.3) is 0 Å². The fraction of sp³-hybridized carbons (Fsp3) is 0.0909. The molecule has 1 aliphatic carbocycles. The van der Waals surface area contributed by atoms with Crippen molar-refractivity contribution in [2.24, 2.45) is 7.05 Å². The number of carbonyl (C=O) groups excluding carboxylic acids is 2. The van der Waals surface area contributed by atoms with Crippen LogP contribution < -0.4 is 0 Å². The van der Waals surface area contributed by atoms with Gasteiger partial charge >= 0.3 is 0 Å². The van der Waals surface area contributed by atoms with Gasteiger partial charge in [-0.3, -0.25) is 9.59 Å². The molecular weight excluding hydrogens is 206 g/mol. The summed E-state index contributed by atoms with van der Waals surface area (Å²) in [5.74, 6) is -1.12. The maximum atomic E-state index is 11.8. The van der Waals surface area contributed by atoms with Crippen LogP contribution in [0, 0.1) is 22.7 Å². The maximum Gasteiger partial charge on any atom is 0.207 e. The third-order valence-electron chi connectivity index (χ3n) is 2.37. The zero-order valence-electron chi connectivity index (χ0n) is 8.31. The number of aromatic nitrogens is 1. The van der Waals surface area contributed by atoms with Gasteiger partial charge in [0.2, 0.25) is 11.6 Å². The summed E-state index contributed by atoms with van der Waals surface area (Å²) in [4.78, 5) is 23.6. The average molecular weight is 211 g/mol. The molecule has 0 radical (unpaired) electrons. The lowest BCUT2D eigenvalue weighted by atomic mass is 9.88. The SMILES string of the molecule is Cn1cc2c(c1)C(=O)C(C#N)=C(C#N)C2=O. The highest BCUT2D eigenvalue weighted by Gasteiger charge is 2.33. The first-order valence-electron chi connectivity index (χ1n) is 4.40. The molecule has 0 amide bonds. The van der Waals surface area contributed by atoms with Crippen LogP contribution in [-0.2, 0) is 7.05 Å². The Hall–Kier alpha value is -2.66. The summed E-state index contributed by atoms with van der Waals surface area (Å²) < 4.78 is 1.55. The molecule has 0 unspecified atom stereocenters. The van der Waals surface area contributed by atoms with Gasteiger partial charge in [-0.2, -0.15) is 10.5 Å². The lowest BCUT2D eigenvalue weighted by Gasteiger charge is -2.08. The summed E-state index contributed by atoms with van der Waals surface area (Å²) in [6.07, 6.45) is 2.95.